The average molecular weight is 518 g/mol. The fraction of sp³-hybridized carbons (Fsp3) is 0.458. The van der Waals surface area contributed by atoms with Gasteiger partial charge in [0, 0.05) is 16.3 Å². The molecule has 1 fully saturated rings. The Hall–Kier alpha value is -2.76. The molecule has 4 N–H and O–H groups in total. The number of aliphatic hydroxyl groups is 1. The molecule has 0 spiro atoms. The third-order valence-electron chi connectivity index (χ3n) is 6.12. The largest absolute Gasteiger partial charge is 0.505 e. The van der Waals surface area contributed by atoms with Gasteiger partial charge in [-0.1, -0.05) is 26.8 Å². The molecule has 0 bridgehead atoms. The number of hydrogen-bond donors (Lipinski definition) is 4. The van der Waals surface area contributed by atoms with Crippen LogP contribution in [-0.2, 0) is 11.2 Å². The van der Waals surface area contributed by atoms with Crippen molar-refractivity contribution in [1.82, 2.24) is 10.2 Å². The fourth-order valence-corrected chi connectivity index (χ4v) is 6.09. The van der Waals surface area contributed by atoms with E-state index in [1.165, 1.54) is 4.88 Å². The van der Waals surface area contributed by atoms with Crippen molar-refractivity contribution in [2.75, 3.05) is 18.5 Å². The van der Waals surface area contributed by atoms with Gasteiger partial charge in [0.2, 0.25) is 0 Å². The summed E-state index contributed by atoms with van der Waals surface area (Å²) >= 11 is -0.130. The van der Waals surface area contributed by atoms with Crippen LogP contribution >= 0.6 is 11.3 Å². The molecule has 188 valence electrons. The number of aromatic hydroxyl groups is 1. The number of para-hydroxylation sites is 1. The molecule has 2 aliphatic heterocycles. The van der Waals surface area contributed by atoms with Gasteiger partial charge >= 0.3 is 0 Å². The number of likely N-dealkylation sites (tertiary alicyclic amines) is 1. The Kier molecular flexibility index (Phi) is 7.30. The number of carbonyl (C=O) groups excluding carboxylic acids is 1. The Morgan fingerprint density at radius 3 is 2.66 bits per heavy atom. The predicted octanol–water partition coefficient (Wildman–Crippen LogP) is 3.54. The van der Waals surface area contributed by atoms with Gasteiger partial charge in [-0.2, -0.15) is 0 Å². The lowest BCUT2D eigenvalue weighted by molar-refractivity contribution is 0.0674. The van der Waals surface area contributed by atoms with Crippen LogP contribution in [0.2, 0.25) is 0 Å². The molecule has 35 heavy (non-hydrogen) atoms. The van der Waals surface area contributed by atoms with Crippen molar-refractivity contribution in [2.24, 2.45) is 14.2 Å². The summed E-state index contributed by atoms with van der Waals surface area (Å²) in [6.45, 7) is 8.79. The second kappa shape index (κ2) is 10.1. The third-order valence-corrected chi connectivity index (χ3v) is 7.87. The Labute approximate surface area is 211 Å². The topological polar surface area (TPSA) is 127 Å². The number of amidine groups is 2. The maximum Gasteiger partial charge on any atom is 0.269 e. The lowest BCUT2D eigenvalue weighted by atomic mass is 9.85. The number of nitrogens with one attached hydrogen (secondary N) is 2. The number of carbonyl (C=O) groups is 1. The van der Waals surface area contributed by atoms with E-state index < -0.39 is 11.2 Å². The first-order chi connectivity index (χ1) is 16.6. The molecule has 1 saturated heterocycles. The van der Waals surface area contributed by atoms with Crippen LogP contribution in [0.4, 0.5) is 5.69 Å². The maximum absolute atomic E-state index is 13.1. The van der Waals surface area contributed by atoms with Gasteiger partial charge in [-0.05, 0) is 49.4 Å². The maximum atomic E-state index is 13.1. The zero-order chi connectivity index (χ0) is 25.3. The Morgan fingerprint density at radius 1 is 1.26 bits per heavy atom. The van der Waals surface area contributed by atoms with Crippen LogP contribution in [0.3, 0.4) is 0 Å². The van der Waals surface area contributed by atoms with Crippen LogP contribution < -0.4 is 10.6 Å². The fourth-order valence-electron chi connectivity index (χ4n) is 4.29. The standard InChI is InChI=1S/C24H31N5O4S2/c1-14-10-11-18(34-14)20(24(2,3)4)26-22-21(27-35(33)28-22)25-17-9-5-8-16(19(17)31)23(32)29-12-6-7-15(29)13-30/h5,8-11,15,20,30-31H,6-7,12-13H2,1-4H3,(H,25,27)(H,26,28). The molecule has 1 aromatic carbocycles. The average Bonchev–Trinajstić information content (AvgIpc) is 3.52. The molecule has 1 amide bonds. The van der Waals surface area contributed by atoms with E-state index in [2.05, 4.69) is 52.3 Å². The molecule has 2 aromatic rings. The van der Waals surface area contributed by atoms with Gasteiger partial charge in [-0.25, -0.2) is 4.21 Å². The third kappa shape index (κ3) is 5.41. The van der Waals surface area contributed by atoms with E-state index >= 15 is 0 Å². The summed E-state index contributed by atoms with van der Waals surface area (Å²) in [5.74, 6) is -0.0277. The number of aliphatic hydroxyl groups excluding tert-OH is 1. The normalized spacial score (nSPS) is 21.0. The van der Waals surface area contributed by atoms with Crippen molar-refractivity contribution < 1.29 is 19.2 Å². The zero-order valence-electron chi connectivity index (χ0n) is 20.2. The molecule has 1 aromatic heterocycles. The molecule has 4 rings (SSSR count). The highest BCUT2D eigenvalue weighted by Crippen LogP contribution is 2.37. The first-order valence-electron chi connectivity index (χ1n) is 11.5. The summed E-state index contributed by atoms with van der Waals surface area (Å²) in [7, 11) is 0. The summed E-state index contributed by atoms with van der Waals surface area (Å²) in [6, 6.07) is 8.58. The van der Waals surface area contributed by atoms with E-state index in [9.17, 15) is 19.2 Å². The molecule has 2 aliphatic rings. The SMILES string of the molecule is Cc1ccc(C(NC2=NS(=O)N=C2Nc2cccc(C(=O)N3CCCC3CO)c2O)C(C)(C)C)s1. The van der Waals surface area contributed by atoms with Crippen molar-refractivity contribution in [3.63, 3.8) is 0 Å². The quantitative estimate of drug-likeness (QED) is 0.450. The van der Waals surface area contributed by atoms with E-state index in [-0.39, 0.29) is 52.8 Å². The molecule has 11 heteroatoms. The Balaban J connectivity index is 1.57. The van der Waals surface area contributed by atoms with Gasteiger partial charge in [-0.15, -0.1) is 20.1 Å². The number of rotatable bonds is 5. The first kappa shape index (κ1) is 25.3. The number of nitrogens with zero attached hydrogens (tertiary/aromatic N) is 3. The number of hydrogen-bond acceptors (Lipinski definition) is 7. The lowest BCUT2D eigenvalue weighted by Gasteiger charge is -2.31. The van der Waals surface area contributed by atoms with Gasteiger partial charge in [0.05, 0.1) is 29.9 Å². The molecule has 0 aliphatic carbocycles. The van der Waals surface area contributed by atoms with E-state index in [0.717, 1.165) is 17.7 Å². The van der Waals surface area contributed by atoms with Crippen molar-refractivity contribution in [1.29, 1.82) is 0 Å². The van der Waals surface area contributed by atoms with Gasteiger partial charge < -0.3 is 25.7 Å². The molecule has 0 saturated carbocycles. The minimum atomic E-state index is -1.81. The number of phenols is 1. The second-order valence-corrected chi connectivity index (χ2v) is 12.0. The van der Waals surface area contributed by atoms with Crippen molar-refractivity contribution in [3.05, 3.63) is 45.6 Å². The summed E-state index contributed by atoms with van der Waals surface area (Å²) < 4.78 is 20.5. The van der Waals surface area contributed by atoms with E-state index in [1.54, 1.807) is 34.4 Å². The van der Waals surface area contributed by atoms with E-state index in [1.807, 2.05) is 6.92 Å². The molecule has 9 nitrogen and oxygen atoms in total. The molecule has 3 heterocycles. The Morgan fingerprint density at radius 2 is 2.00 bits per heavy atom. The lowest BCUT2D eigenvalue weighted by Crippen LogP contribution is -2.41. The zero-order valence-corrected chi connectivity index (χ0v) is 21.9. The van der Waals surface area contributed by atoms with Gasteiger partial charge in [0.1, 0.15) is 0 Å². The molecular weight excluding hydrogens is 486 g/mol. The van der Waals surface area contributed by atoms with Crippen LogP contribution in [0.5, 0.6) is 5.75 Å². The number of thiophene rings is 1. The smallest absolute Gasteiger partial charge is 0.269 e. The predicted molar refractivity (Wildman–Crippen MR) is 140 cm³/mol. The van der Waals surface area contributed by atoms with Crippen molar-refractivity contribution >= 4 is 45.8 Å². The summed E-state index contributed by atoms with van der Waals surface area (Å²) in [6.07, 6.45) is 1.54. The van der Waals surface area contributed by atoms with Crippen molar-refractivity contribution in [3.8, 4) is 5.75 Å². The summed E-state index contributed by atoms with van der Waals surface area (Å²) in [5, 5.41) is 26.9. The van der Waals surface area contributed by atoms with Crippen LogP contribution in [0.1, 0.15) is 59.8 Å². The number of anilines is 1. The van der Waals surface area contributed by atoms with E-state index in [0.29, 0.717) is 12.4 Å². The minimum Gasteiger partial charge on any atom is -0.505 e. The summed E-state index contributed by atoms with van der Waals surface area (Å²) in [4.78, 5) is 17.0. The number of aryl methyl sites for hydroxylation is 1. The van der Waals surface area contributed by atoms with Gasteiger partial charge in [-0.3, -0.25) is 4.79 Å². The second-order valence-electron chi connectivity index (χ2n) is 9.81. The van der Waals surface area contributed by atoms with Crippen LogP contribution in [0.25, 0.3) is 0 Å². The molecule has 3 unspecified atom stereocenters. The number of amides is 1. The first-order valence-corrected chi connectivity index (χ1v) is 13.4. The minimum absolute atomic E-state index is 0.114. The molecule has 3 atom stereocenters. The molecule has 0 radical (unpaired) electrons. The Bertz CT molecular complexity index is 1200. The number of phenolic OH excluding ortho intramolecular Hbond substituents is 1. The number of benzene rings is 1. The highest BCUT2D eigenvalue weighted by Gasteiger charge is 2.33. The highest BCUT2D eigenvalue weighted by molar-refractivity contribution is 7.83. The van der Waals surface area contributed by atoms with Crippen LogP contribution in [-0.4, -0.2) is 56.1 Å². The van der Waals surface area contributed by atoms with Crippen molar-refractivity contribution in [2.45, 2.75) is 52.6 Å². The highest BCUT2D eigenvalue weighted by atomic mass is 32.2. The van der Waals surface area contributed by atoms with Gasteiger partial charge in [0.25, 0.3) is 17.1 Å². The van der Waals surface area contributed by atoms with Crippen LogP contribution in [0, 0.1) is 12.3 Å². The summed E-state index contributed by atoms with van der Waals surface area (Å²) in [5.41, 5.74) is 0.202. The monoisotopic (exact) mass is 517 g/mol. The molecular formula is C24H31N5O4S2. The van der Waals surface area contributed by atoms with Gasteiger partial charge in [0.15, 0.2) is 17.4 Å². The van der Waals surface area contributed by atoms with Crippen LogP contribution in [0.15, 0.2) is 39.1 Å². The van der Waals surface area contributed by atoms with E-state index in [4.69, 9.17) is 0 Å².